The number of nitrogens with one attached hydrogen (secondary N) is 1. The van der Waals surface area contributed by atoms with Gasteiger partial charge in [-0.3, -0.25) is 0 Å². The molecule has 18 heavy (non-hydrogen) atoms. The molecule has 0 fully saturated rings. The van der Waals surface area contributed by atoms with Crippen LogP contribution in [0.2, 0.25) is 0 Å². The number of aryl methyl sites for hydroxylation is 1. The molecule has 0 spiro atoms. The molecule has 3 nitrogen and oxygen atoms in total. The first-order chi connectivity index (χ1) is 8.72. The molecule has 2 aromatic heterocycles. The molecule has 0 saturated carbocycles. The lowest BCUT2D eigenvalue weighted by Crippen LogP contribution is -2.15. The maximum absolute atomic E-state index is 4.38. The number of thiophene rings is 1. The molecule has 0 aliphatic carbocycles. The standard InChI is InChI=1S/C14H21N3S/c1-4-5-6-7-11(3)17-14-13-12(15-9-16-14)10(2)8-18-13/h8-9,11H,4-7H2,1-3H3,(H,15,16,17). The zero-order valence-corrected chi connectivity index (χ0v) is 12.2. The van der Waals surface area contributed by atoms with Crippen LogP contribution in [0.4, 0.5) is 5.82 Å². The van der Waals surface area contributed by atoms with Gasteiger partial charge in [0.1, 0.15) is 12.1 Å². The number of fused-ring (bicyclic) bond motifs is 1. The molecule has 2 heterocycles. The third kappa shape index (κ3) is 2.99. The van der Waals surface area contributed by atoms with Gasteiger partial charge in [0, 0.05) is 6.04 Å². The maximum Gasteiger partial charge on any atom is 0.147 e. The van der Waals surface area contributed by atoms with Crippen LogP contribution in [-0.4, -0.2) is 16.0 Å². The van der Waals surface area contributed by atoms with Crippen molar-refractivity contribution >= 4 is 27.4 Å². The summed E-state index contributed by atoms with van der Waals surface area (Å²) >= 11 is 1.72. The molecule has 0 aliphatic heterocycles. The molecule has 0 radical (unpaired) electrons. The van der Waals surface area contributed by atoms with E-state index in [4.69, 9.17) is 0 Å². The van der Waals surface area contributed by atoms with Crippen LogP contribution in [0.1, 0.15) is 45.1 Å². The summed E-state index contributed by atoms with van der Waals surface area (Å²) in [6.07, 6.45) is 6.72. The Morgan fingerprint density at radius 3 is 2.94 bits per heavy atom. The molecule has 98 valence electrons. The molecule has 1 atom stereocenters. The molecule has 1 unspecified atom stereocenters. The number of rotatable bonds is 6. The molecule has 2 aromatic rings. The van der Waals surface area contributed by atoms with Gasteiger partial charge >= 0.3 is 0 Å². The Hall–Kier alpha value is -1.16. The molecule has 0 bridgehead atoms. The predicted octanol–water partition coefficient (Wildman–Crippen LogP) is 4.38. The zero-order valence-electron chi connectivity index (χ0n) is 11.4. The summed E-state index contributed by atoms with van der Waals surface area (Å²) in [5.74, 6) is 0.988. The van der Waals surface area contributed by atoms with Crippen LogP contribution in [0.3, 0.4) is 0 Å². The van der Waals surface area contributed by atoms with E-state index in [2.05, 4.69) is 41.4 Å². The summed E-state index contributed by atoms with van der Waals surface area (Å²) < 4.78 is 1.18. The Labute approximate surface area is 113 Å². The molecule has 0 aliphatic rings. The van der Waals surface area contributed by atoms with Crippen LogP contribution in [0.15, 0.2) is 11.7 Å². The molecule has 1 N–H and O–H groups in total. The SMILES string of the molecule is CCCCCC(C)Nc1ncnc2c(C)csc12. The highest BCUT2D eigenvalue weighted by molar-refractivity contribution is 7.18. The monoisotopic (exact) mass is 263 g/mol. The maximum atomic E-state index is 4.38. The lowest BCUT2D eigenvalue weighted by molar-refractivity contribution is 0.614. The summed E-state index contributed by atoms with van der Waals surface area (Å²) in [7, 11) is 0. The van der Waals surface area contributed by atoms with Crippen molar-refractivity contribution in [3.63, 3.8) is 0 Å². The Balaban J connectivity index is 2.07. The molecule has 0 aromatic carbocycles. The summed E-state index contributed by atoms with van der Waals surface area (Å²) in [6.45, 7) is 6.56. The first kappa shape index (κ1) is 13.3. The average molecular weight is 263 g/mol. The van der Waals surface area contributed by atoms with Gasteiger partial charge in [-0.25, -0.2) is 9.97 Å². The largest absolute Gasteiger partial charge is 0.366 e. The predicted molar refractivity (Wildman–Crippen MR) is 79.4 cm³/mol. The summed E-state index contributed by atoms with van der Waals surface area (Å²) in [5, 5.41) is 5.66. The number of unbranched alkanes of at least 4 members (excludes halogenated alkanes) is 2. The average Bonchev–Trinajstić information content (AvgIpc) is 2.73. The normalized spacial score (nSPS) is 12.8. The lowest BCUT2D eigenvalue weighted by atomic mass is 10.1. The Morgan fingerprint density at radius 2 is 2.17 bits per heavy atom. The third-order valence-corrected chi connectivity index (χ3v) is 4.25. The minimum atomic E-state index is 0.469. The quantitative estimate of drug-likeness (QED) is 0.786. The van der Waals surface area contributed by atoms with Gasteiger partial charge < -0.3 is 5.32 Å². The minimum absolute atomic E-state index is 0.469. The lowest BCUT2D eigenvalue weighted by Gasteiger charge is -2.14. The fraction of sp³-hybridized carbons (Fsp3) is 0.571. The van der Waals surface area contributed by atoms with Gasteiger partial charge in [0.2, 0.25) is 0 Å². The van der Waals surface area contributed by atoms with Crippen molar-refractivity contribution in [3.05, 3.63) is 17.3 Å². The number of hydrogen-bond donors (Lipinski definition) is 1. The fourth-order valence-corrected chi connectivity index (χ4v) is 3.03. The van der Waals surface area contributed by atoms with E-state index in [0.717, 1.165) is 11.3 Å². The van der Waals surface area contributed by atoms with Gasteiger partial charge in [-0.15, -0.1) is 11.3 Å². The molecule has 4 heteroatoms. The van der Waals surface area contributed by atoms with Crippen LogP contribution >= 0.6 is 11.3 Å². The number of anilines is 1. The summed E-state index contributed by atoms with van der Waals surface area (Å²) in [6, 6.07) is 0.469. The highest BCUT2D eigenvalue weighted by Crippen LogP contribution is 2.29. The first-order valence-corrected chi connectivity index (χ1v) is 7.55. The van der Waals surface area contributed by atoms with Crippen molar-refractivity contribution in [2.24, 2.45) is 0 Å². The zero-order chi connectivity index (χ0) is 13.0. The van der Waals surface area contributed by atoms with E-state index in [1.54, 1.807) is 17.7 Å². The fourth-order valence-electron chi connectivity index (χ4n) is 2.08. The van der Waals surface area contributed by atoms with Crippen LogP contribution in [0, 0.1) is 6.92 Å². The molecule has 0 amide bonds. The van der Waals surface area contributed by atoms with E-state index >= 15 is 0 Å². The van der Waals surface area contributed by atoms with E-state index in [1.807, 2.05) is 0 Å². The van der Waals surface area contributed by atoms with Crippen molar-refractivity contribution in [2.75, 3.05) is 5.32 Å². The molecule has 0 saturated heterocycles. The van der Waals surface area contributed by atoms with Crippen molar-refractivity contribution in [1.82, 2.24) is 9.97 Å². The number of hydrogen-bond acceptors (Lipinski definition) is 4. The Morgan fingerprint density at radius 1 is 1.33 bits per heavy atom. The number of aromatic nitrogens is 2. The van der Waals surface area contributed by atoms with Crippen molar-refractivity contribution in [2.45, 2.75) is 52.5 Å². The smallest absolute Gasteiger partial charge is 0.147 e. The van der Waals surface area contributed by atoms with Crippen LogP contribution in [-0.2, 0) is 0 Å². The second-order valence-corrected chi connectivity index (χ2v) is 5.74. The highest BCUT2D eigenvalue weighted by atomic mass is 32.1. The Bertz CT molecular complexity index is 507. The Kier molecular flexibility index (Phi) is 4.53. The third-order valence-electron chi connectivity index (χ3n) is 3.15. The minimum Gasteiger partial charge on any atom is -0.366 e. The molecular weight excluding hydrogens is 242 g/mol. The second kappa shape index (κ2) is 6.14. The van der Waals surface area contributed by atoms with Crippen molar-refractivity contribution in [3.8, 4) is 0 Å². The van der Waals surface area contributed by atoms with Crippen LogP contribution < -0.4 is 5.32 Å². The van der Waals surface area contributed by atoms with Gasteiger partial charge in [-0.2, -0.15) is 0 Å². The van der Waals surface area contributed by atoms with Gasteiger partial charge in [0.25, 0.3) is 0 Å². The summed E-state index contributed by atoms with van der Waals surface area (Å²) in [4.78, 5) is 8.72. The van der Waals surface area contributed by atoms with E-state index < -0.39 is 0 Å². The molecule has 2 rings (SSSR count). The highest BCUT2D eigenvalue weighted by Gasteiger charge is 2.10. The van der Waals surface area contributed by atoms with E-state index in [9.17, 15) is 0 Å². The molecular formula is C14H21N3S. The number of nitrogens with zero attached hydrogens (tertiary/aromatic N) is 2. The van der Waals surface area contributed by atoms with Gasteiger partial charge in [-0.1, -0.05) is 26.2 Å². The second-order valence-electron chi connectivity index (χ2n) is 4.86. The van der Waals surface area contributed by atoms with Gasteiger partial charge in [0.05, 0.1) is 10.2 Å². The summed E-state index contributed by atoms with van der Waals surface area (Å²) in [5.41, 5.74) is 2.32. The van der Waals surface area contributed by atoms with Crippen LogP contribution in [0.25, 0.3) is 10.2 Å². The van der Waals surface area contributed by atoms with E-state index in [-0.39, 0.29) is 0 Å². The first-order valence-electron chi connectivity index (χ1n) is 6.67. The van der Waals surface area contributed by atoms with Gasteiger partial charge in [-0.05, 0) is 31.2 Å². The van der Waals surface area contributed by atoms with Gasteiger partial charge in [0.15, 0.2) is 0 Å². The van der Waals surface area contributed by atoms with Crippen molar-refractivity contribution in [1.29, 1.82) is 0 Å². The van der Waals surface area contributed by atoms with E-state index in [1.165, 1.54) is 35.9 Å². The topological polar surface area (TPSA) is 37.8 Å². The van der Waals surface area contributed by atoms with Crippen molar-refractivity contribution < 1.29 is 0 Å². The van der Waals surface area contributed by atoms with Crippen LogP contribution in [0.5, 0.6) is 0 Å². The van der Waals surface area contributed by atoms with E-state index in [0.29, 0.717) is 6.04 Å².